The molecule has 49 heavy (non-hydrogen) atoms. The summed E-state index contributed by atoms with van der Waals surface area (Å²) >= 11 is 1.83. The Labute approximate surface area is 288 Å². The Kier molecular flexibility index (Phi) is 7.34. The lowest BCUT2D eigenvalue weighted by atomic mass is 9.97. The van der Waals surface area contributed by atoms with Crippen LogP contribution in [0.4, 0.5) is 0 Å². The third-order valence-corrected chi connectivity index (χ3v) is 10.2. The number of benzene rings is 7. The Morgan fingerprint density at radius 3 is 1.27 bits per heavy atom. The van der Waals surface area contributed by atoms with Crippen molar-refractivity contribution in [2.45, 2.75) is 0 Å². The average molecular weight is 644 g/mol. The molecule has 9 rings (SSSR count). The first kappa shape index (κ1) is 29.0. The van der Waals surface area contributed by atoms with Gasteiger partial charge in [0.25, 0.3) is 0 Å². The van der Waals surface area contributed by atoms with Gasteiger partial charge in [-0.05, 0) is 51.6 Å². The summed E-state index contributed by atoms with van der Waals surface area (Å²) in [6, 6.07) is 61.7. The molecule has 9 aromatic rings. The molecule has 0 saturated heterocycles. The molecular weight excluding hydrogens is 615 g/mol. The minimum absolute atomic E-state index is 0.664. The maximum atomic E-state index is 4.97. The molecule has 0 fully saturated rings. The minimum atomic E-state index is 0.664. The zero-order chi connectivity index (χ0) is 32.6. The summed E-state index contributed by atoms with van der Waals surface area (Å²) in [6.45, 7) is 0. The van der Waals surface area contributed by atoms with Gasteiger partial charge in [0.05, 0.1) is 0 Å². The van der Waals surface area contributed by atoms with Crippen molar-refractivity contribution in [2.75, 3.05) is 0 Å². The van der Waals surface area contributed by atoms with Gasteiger partial charge in [0.2, 0.25) is 0 Å². The summed E-state index contributed by atoms with van der Waals surface area (Å²) in [5.74, 6) is 1.99. The third kappa shape index (κ3) is 5.58. The van der Waals surface area contributed by atoms with Crippen LogP contribution < -0.4 is 0 Å². The molecule has 0 spiro atoms. The molecule has 0 aliphatic carbocycles. The van der Waals surface area contributed by atoms with Gasteiger partial charge in [-0.25, -0.2) is 15.0 Å². The van der Waals surface area contributed by atoms with Gasteiger partial charge in [0.15, 0.2) is 17.5 Å². The second-order valence-corrected chi connectivity index (χ2v) is 13.1. The summed E-state index contributed by atoms with van der Waals surface area (Å²) in [5, 5.41) is 2.44. The molecule has 230 valence electrons. The number of nitrogens with zero attached hydrogens (tertiary/aromatic N) is 3. The SMILES string of the molecule is c1ccc(-c2ccc(-c3ccc(-c4cccc5c4sc4ccc(-c6nc(-c7ccccc7)nc(-c7ccccc7)n6)cc45)cc3)cc2)cc1. The normalized spacial score (nSPS) is 11.3. The minimum Gasteiger partial charge on any atom is -0.208 e. The van der Waals surface area contributed by atoms with Gasteiger partial charge in [-0.3, -0.25) is 0 Å². The summed E-state index contributed by atoms with van der Waals surface area (Å²) in [4.78, 5) is 14.8. The highest BCUT2D eigenvalue weighted by Gasteiger charge is 2.15. The Bertz CT molecular complexity index is 2500. The van der Waals surface area contributed by atoms with Crippen LogP contribution in [-0.2, 0) is 0 Å². The Hall–Kier alpha value is -6.23. The molecule has 2 aromatic heterocycles. The molecule has 0 radical (unpaired) electrons. The van der Waals surface area contributed by atoms with E-state index in [0.29, 0.717) is 17.5 Å². The van der Waals surface area contributed by atoms with Crippen molar-refractivity contribution in [1.29, 1.82) is 0 Å². The van der Waals surface area contributed by atoms with Crippen LogP contribution in [0.15, 0.2) is 176 Å². The van der Waals surface area contributed by atoms with Crippen LogP contribution in [0.2, 0.25) is 0 Å². The van der Waals surface area contributed by atoms with E-state index in [2.05, 4.69) is 115 Å². The van der Waals surface area contributed by atoms with Crippen LogP contribution in [0.3, 0.4) is 0 Å². The Morgan fingerprint density at radius 1 is 0.306 bits per heavy atom. The number of hydrogen-bond acceptors (Lipinski definition) is 4. The van der Waals surface area contributed by atoms with Crippen molar-refractivity contribution in [1.82, 2.24) is 15.0 Å². The smallest absolute Gasteiger partial charge is 0.164 e. The van der Waals surface area contributed by atoms with Crippen LogP contribution >= 0.6 is 11.3 Å². The number of aromatic nitrogens is 3. The second-order valence-electron chi connectivity index (χ2n) is 12.1. The van der Waals surface area contributed by atoms with Gasteiger partial charge in [-0.2, -0.15) is 0 Å². The standard InChI is InChI=1S/C45H29N3S/c1-4-11-30(12-5-1)31-19-21-32(22-20-31)33-23-25-34(26-24-33)38-17-10-18-39-40-29-37(27-28-41(40)49-42(38)39)45-47-43(35-13-6-2-7-14-35)46-44(48-45)36-15-8-3-9-16-36/h1-29H. The van der Waals surface area contributed by atoms with Crippen LogP contribution in [-0.4, -0.2) is 15.0 Å². The zero-order valence-electron chi connectivity index (χ0n) is 26.5. The third-order valence-electron chi connectivity index (χ3n) is 8.98. The molecule has 0 N–H and O–H groups in total. The first-order valence-corrected chi connectivity index (χ1v) is 17.2. The number of hydrogen-bond donors (Lipinski definition) is 0. The first-order valence-electron chi connectivity index (χ1n) is 16.4. The molecule has 0 unspecified atom stereocenters. The summed E-state index contributed by atoms with van der Waals surface area (Å²) < 4.78 is 2.52. The molecule has 7 aromatic carbocycles. The maximum absolute atomic E-state index is 4.97. The lowest BCUT2D eigenvalue weighted by Gasteiger charge is -2.08. The molecule has 0 amide bonds. The molecule has 0 saturated carbocycles. The Morgan fingerprint density at radius 2 is 0.735 bits per heavy atom. The lowest BCUT2D eigenvalue weighted by molar-refractivity contribution is 1.07. The van der Waals surface area contributed by atoms with Crippen molar-refractivity contribution in [2.24, 2.45) is 0 Å². The van der Waals surface area contributed by atoms with Crippen molar-refractivity contribution in [3.05, 3.63) is 176 Å². The number of fused-ring (bicyclic) bond motifs is 3. The Balaban J connectivity index is 1.08. The van der Waals surface area contributed by atoms with Crippen molar-refractivity contribution < 1.29 is 0 Å². The quantitative estimate of drug-likeness (QED) is 0.181. The largest absolute Gasteiger partial charge is 0.208 e. The highest BCUT2D eigenvalue weighted by atomic mass is 32.1. The summed E-state index contributed by atoms with van der Waals surface area (Å²) in [5.41, 5.74) is 10.2. The maximum Gasteiger partial charge on any atom is 0.164 e. The van der Waals surface area contributed by atoms with E-state index < -0.39 is 0 Å². The fourth-order valence-electron chi connectivity index (χ4n) is 6.43. The molecule has 0 atom stereocenters. The topological polar surface area (TPSA) is 38.7 Å². The van der Waals surface area contributed by atoms with Crippen LogP contribution in [0.5, 0.6) is 0 Å². The van der Waals surface area contributed by atoms with E-state index in [1.54, 1.807) is 0 Å². The fraction of sp³-hybridized carbons (Fsp3) is 0. The van der Waals surface area contributed by atoms with Crippen LogP contribution in [0.1, 0.15) is 0 Å². The predicted octanol–water partition coefficient (Wildman–Crippen LogP) is 12.2. The van der Waals surface area contributed by atoms with Crippen LogP contribution in [0.25, 0.3) is 87.7 Å². The highest BCUT2D eigenvalue weighted by Crippen LogP contribution is 2.41. The highest BCUT2D eigenvalue weighted by molar-refractivity contribution is 7.26. The van der Waals surface area contributed by atoms with Gasteiger partial charge >= 0.3 is 0 Å². The van der Waals surface area contributed by atoms with Crippen molar-refractivity contribution >= 4 is 31.5 Å². The van der Waals surface area contributed by atoms with Crippen LogP contribution in [0, 0.1) is 0 Å². The second kappa shape index (κ2) is 12.4. The molecule has 4 heteroatoms. The van der Waals surface area contributed by atoms with E-state index in [4.69, 9.17) is 15.0 Å². The molecule has 0 aliphatic heterocycles. The lowest BCUT2D eigenvalue weighted by Crippen LogP contribution is -2.00. The van der Waals surface area contributed by atoms with Gasteiger partial charge < -0.3 is 0 Å². The molecular formula is C45H29N3S. The van der Waals surface area contributed by atoms with Crippen molar-refractivity contribution in [3.63, 3.8) is 0 Å². The molecule has 0 aliphatic rings. The monoisotopic (exact) mass is 643 g/mol. The summed E-state index contributed by atoms with van der Waals surface area (Å²) in [6.07, 6.45) is 0. The van der Waals surface area contributed by atoms with E-state index in [1.807, 2.05) is 72.0 Å². The van der Waals surface area contributed by atoms with E-state index in [9.17, 15) is 0 Å². The predicted molar refractivity (Wildman–Crippen MR) is 205 cm³/mol. The first-order chi connectivity index (χ1) is 24.3. The average Bonchev–Trinajstić information content (AvgIpc) is 3.57. The number of thiophene rings is 1. The van der Waals surface area contributed by atoms with Gasteiger partial charge in [0, 0.05) is 36.9 Å². The zero-order valence-corrected chi connectivity index (χ0v) is 27.3. The van der Waals surface area contributed by atoms with E-state index >= 15 is 0 Å². The van der Waals surface area contributed by atoms with Crippen molar-refractivity contribution in [3.8, 4) is 67.5 Å². The van der Waals surface area contributed by atoms with E-state index in [1.165, 1.54) is 53.6 Å². The fourth-order valence-corrected chi connectivity index (χ4v) is 7.65. The van der Waals surface area contributed by atoms with E-state index in [-0.39, 0.29) is 0 Å². The molecule has 3 nitrogen and oxygen atoms in total. The van der Waals surface area contributed by atoms with E-state index in [0.717, 1.165) is 16.7 Å². The molecule has 0 bridgehead atoms. The molecule has 2 heterocycles. The van der Waals surface area contributed by atoms with Gasteiger partial charge in [-0.1, -0.05) is 158 Å². The summed E-state index contributed by atoms with van der Waals surface area (Å²) in [7, 11) is 0. The van der Waals surface area contributed by atoms with Gasteiger partial charge in [-0.15, -0.1) is 11.3 Å². The number of rotatable bonds is 6. The van der Waals surface area contributed by atoms with Gasteiger partial charge in [0.1, 0.15) is 0 Å².